The van der Waals surface area contributed by atoms with Crippen LogP contribution in [0.3, 0.4) is 0 Å². The first-order chi connectivity index (χ1) is 13.6. The fourth-order valence-corrected chi connectivity index (χ4v) is 4.01. The standard InChI is InChI=1S/C21H23BrN4O2/c1-28-19-5-3-2-4-18(19)24-21(27)15-8-10-25(11-9-15)13-17-14-26-12-16(22)6-7-20(26)23-17/h2-7,12,14-15H,8-11,13H2,1H3,(H,24,27). The summed E-state index contributed by atoms with van der Waals surface area (Å²) < 4.78 is 8.38. The van der Waals surface area contributed by atoms with E-state index in [1.807, 2.05) is 47.0 Å². The maximum Gasteiger partial charge on any atom is 0.227 e. The van der Waals surface area contributed by atoms with Crippen molar-refractivity contribution < 1.29 is 9.53 Å². The molecule has 1 fully saturated rings. The molecule has 0 aliphatic carbocycles. The number of nitrogens with zero attached hydrogens (tertiary/aromatic N) is 3. The van der Waals surface area contributed by atoms with Gasteiger partial charge in [-0.3, -0.25) is 9.69 Å². The lowest BCUT2D eigenvalue weighted by Crippen LogP contribution is -2.37. The Hall–Kier alpha value is -2.38. The molecule has 7 heteroatoms. The Balaban J connectivity index is 1.33. The number of anilines is 1. The van der Waals surface area contributed by atoms with Crippen LogP contribution in [-0.4, -0.2) is 40.4 Å². The number of hydrogen-bond acceptors (Lipinski definition) is 4. The predicted octanol–water partition coefficient (Wildman–Crippen LogP) is 3.96. The summed E-state index contributed by atoms with van der Waals surface area (Å²) in [6.07, 6.45) is 5.78. The Kier molecular flexibility index (Phi) is 5.64. The Labute approximate surface area is 172 Å². The molecule has 1 aliphatic heterocycles. The maximum atomic E-state index is 12.6. The number of ether oxygens (including phenoxy) is 1. The van der Waals surface area contributed by atoms with Crippen molar-refractivity contribution in [3.8, 4) is 5.75 Å². The monoisotopic (exact) mass is 442 g/mol. The second kappa shape index (κ2) is 8.32. The summed E-state index contributed by atoms with van der Waals surface area (Å²) in [6, 6.07) is 11.5. The van der Waals surface area contributed by atoms with Gasteiger partial charge in [0.1, 0.15) is 11.4 Å². The van der Waals surface area contributed by atoms with Crippen LogP contribution in [-0.2, 0) is 11.3 Å². The summed E-state index contributed by atoms with van der Waals surface area (Å²) in [5.41, 5.74) is 2.73. The van der Waals surface area contributed by atoms with Crippen molar-refractivity contribution in [3.05, 3.63) is 59.0 Å². The molecule has 0 unspecified atom stereocenters. The van der Waals surface area contributed by atoms with Gasteiger partial charge in [-0.1, -0.05) is 12.1 Å². The molecule has 1 aliphatic rings. The van der Waals surface area contributed by atoms with Crippen molar-refractivity contribution >= 4 is 33.2 Å². The molecule has 0 spiro atoms. The molecular weight excluding hydrogens is 420 g/mol. The van der Waals surface area contributed by atoms with Crippen LogP contribution >= 0.6 is 15.9 Å². The number of methoxy groups -OCH3 is 1. The number of piperidine rings is 1. The van der Waals surface area contributed by atoms with Gasteiger partial charge in [0.2, 0.25) is 5.91 Å². The third-order valence-corrected chi connectivity index (χ3v) is 5.64. The van der Waals surface area contributed by atoms with Crippen molar-refractivity contribution in [2.75, 3.05) is 25.5 Å². The minimum atomic E-state index is 0.0261. The highest BCUT2D eigenvalue weighted by atomic mass is 79.9. The molecule has 0 radical (unpaired) electrons. The number of benzene rings is 1. The van der Waals surface area contributed by atoms with Gasteiger partial charge in [0.25, 0.3) is 0 Å². The lowest BCUT2D eigenvalue weighted by molar-refractivity contribution is -0.121. The van der Waals surface area contributed by atoms with Gasteiger partial charge in [0.05, 0.1) is 18.5 Å². The predicted molar refractivity (Wildman–Crippen MR) is 113 cm³/mol. The van der Waals surface area contributed by atoms with E-state index in [2.05, 4.69) is 37.3 Å². The van der Waals surface area contributed by atoms with E-state index in [4.69, 9.17) is 4.74 Å². The summed E-state index contributed by atoms with van der Waals surface area (Å²) >= 11 is 3.49. The van der Waals surface area contributed by atoms with Crippen LogP contribution < -0.4 is 10.1 Å². The van der Waals surface area contributed by atoms with E-state index >= 15 is 0 Å². The van der Waals surface area contributed by atoms with Crippen LogP contribution in [0.5, 0.6) is 5.75 Å². The van der Waals surface area contributed by atoms with E-state index < -0.39 is 0 Å². The number of hydrogen-bond donors (Lipinski definition) is 1. The van der Waals surface area contributed by atoms with Gasteiger partial charge in [-0.15, -0.1) is 0 Å². The summed E-state index contributed by atoms with van der Waals surface area (Å²) in [5, 5.41) is 3.02. The second-order valence-corrected chi connectivity index (χ2v) is 8.00. The smallest absolute Gasteiger partial charge is 0.227 e. The summed E-state index contributed by atoms with van der Waals surface area (Å²) in [6.45, 7) is 2.59. The van der Waals surface area contributed by atoms with Crippen LogP contribution in [0.15, 0.2) is 53.3 Å². The van der Waals surface area contributed by atoms with E-state index in [1.165, 1.54) is 0 Å². The summed E-state index contributed by atoms with van der Waals surface area (Å²) in [7, 11) is 1.61. The molecule has 146 valence electrons. The molecule has 1 N–H and O–H groups in total. The molecule has 2 aromatic heterocycles. The number of carbonyl (C=O) groups excluding carboxylic acids is 1. The van der Waals surface area contributed by atoms with E-state index in [0.29, 0.717) is 5.75 Å². The summed E-state index contributed by atoms with van der Waals surface area (Å²) in [4.78, 5) is 19.7. The average molecular weight is 443 g/mol. The number of nitrogens with one attached hydrogen (secondary N) is 1. The molecule has 0 bridgehead atoms. The zero-order valence-corrected chi connectivity index (χ0v) is 17.4. The molecule has 0 atom stereocenters. The molecule has 3 aromatic rings. The van der Waals surface area contributed by atoms with Crippen molar-refractivity contribution in [1.82, 2.24) is 14.3 Å². The van der Waals surface area contributed by atoms with E-state index in [-0.39, 0.29) is 11.8 Å². The lowest BCUT2D eigenvalue weighted by Gasteiger charge is -2.30. The van der Waals surface area contributed by atoms with Gasteiger partial charge in [0, 0.05) is 29.3 Å². The average Bonchev–Trinajstić information content (AvgIpc) is 3.10. The zero-order chi connectivity index (χ0) is 19.5. The Morgan fingerprint density at radius 3 is 2.79 bits per heavy atom. The van der Waals surface area contributed by atoms with E-state index in [1.54, 1.807) is 7.11 Å². The highest BCUT2D eigenvalue weighted by Gasteiger charge is 2.26. The van der Waals surface area contributed by atoms with Crippen LogP contribution in [0.25, 0.3) is 5.65 Å². The van der Waals surface area contributed by atoms with Crippen molar-refractivity contribution in [2.45, 2.75) is 19.4 Å². The highest BCUT2D eigenvalue weighted by Crippen LogP contribution is 2.26. The van der Waals surface area contributed by atoms with Gasteiger partial charge < -0.3 is 14.5 Å². The lowest BCUT2D eigenvalue weighted by atomic mass is 9.95. The molecule has 1 saturated heterocycles. The van der Waals surface area contributed by atoms with Crippen molar-refractivity contribution in [3.63, 3.8) is 0 Å². The molecule has 3 heterocycles. The maximum absolute atomic E-state index is 12.6. The number of para-hydroxylation sites is 2. The van der Waals surface area contributed by atoms with E-state index in [0.717, 1.165) is 54.0 Å². The number of likely N-dealkylation sites (tertiary alicyclic amines) is 1. The largest absolute Gasteiger partial charge is 0.495 e. The second-order valence-electron chi connectivity index (χ2n) is 7.08. The minimum Gasteiger partial charge on any atom is -0.495 e. The number of rotatable bonds is 5. The van der Waals surface area contributed by atoms with Crippen molar-refractivity contribution in [2.24, 2.45) is 5.92 Å². The van der Waals surface area contributed by atoms with Crippen LogP contribution in [0.1, 0.15) is 18.5 Å². The zero-order valence-electron chi connectivity index (χ0n) is 15.8. The number of halogens is 1. The number of fused-ring (bicyclic) bond motifs is 1. The molecule has 4 rings (SSSR count). The first-order valence-corrected chi connectivity index (χ1v) is 10.2. The third kappa shape index (κ3) is 4.20. The first-order valence-electron chi connectivity index (χ1n) is 9.42. The third-order valence-electron chi connectivity index (χ3n) is 5.17. The number of pyridine rings is 1. The molecule has 0 saturated carbocycles. The highest BCUT2D eigenvalue weighted by molar-refractivity contribution is 9.10. The Bertz CT molecular complexity index is 979. The quantitative estimate of drug-likeness (QED) is 0.649. The number of amides is 1. The van der Waals surface area contributed by atoms with Crippen LogP contribution in [0, 0.1) is 5.92 Å². The van der Waals surface area contributed by atoms with E-state index in [9.17, 15) is 4.79 Å². The van der Waals surface area contributed by atoms with Gasteiger partial charge in [-0.25, -0.2) is 4.98 Å². The fraction of sp³-hybridized carbons (Fsp3) is 0.333. The molecule has 6 nitrogen and oxygen atoms in total. The Morgan fingerprint density at radius 1 is 1.21 bits per heavy atom. The van der Waals surface area contributed by atoms with Crippen LogP contribution in [0.2, 0.25) is 0 Å². The van der Waals surface area contributed by atoms with Gasteiger partial charge in [-0.05, 0) is 66.1 Å². The van der Waals surface area contributed by atoms with Gasteiger partial charge >= 0.3 is 0 Å². The number of aromatic nitrogens is 2. The van der Waals surface area contributed by atoms with Crippen LogP contribution in [0.4, 0.5) is 5.69 Å². The molecular formula is C21H23BrN4O2. The fourth-order valence-electron chi connectivity index (χ4n) is 3.66. The topological polar surface area (TPSA) is 58.9 Å². The molecule has 1 amide bonds. The van der Waals surface area contributed by atoms with Gasteiger partial charge in [0.15, 0.2) is 0 Å². The normalized spacial score (nSPS) is 15.6. The molecule has 28 heavy (non-hydrogen) atoms. The Morgan fingerprint density at radius 2 is 2.00 bits per heavy atom. The SMILES string of the molecule is COc1ccccc1NC(=O)C1CCN(Cc2cn3cc(Br)ccc3n2)CC1. The number of carbonyl (C=O) groups is 1. The molecule has 1 aromatic carbocycles. The number of imidazole rings is 1. The van der Waals surface area contributed by atoms with Crippen molar-refractivity contribution in [1.29, 1.82) is 0 Å². The minimum absolute atomic E-state index is 0.0261. The summed E-state index contributed by atoms with van der Waals surface area (Å²) in [5.74, 6) is 0.784. The first kappa shape index (κ1) is 19.0. The van der Waals surface area contributed by atoms with Gasteiger partial charge in [-0.2, -0.15) is 0 Å².